The Morgan fingerprint density at radius 2 is 2.21 bits per heavy atom. The standard InChI is InChI=1S/C11H14ClNO/c1-7-8(2)14-11-4-3-9(6-13-12)5-10(7)11/h3-5,7-8,13H,6H2,1-2H3. The molecule has 0 saturated heterocycles. The molecule has 0 bridgehead atoms. The first-order valence-electron chi connectivity index (χ1n) is 4.85. The van der Waals surface area contributed by atoms with Gasteiger partial charge in [-0.3, -0.25) is 0 Å². The van der Waals surface area contributed by atoms with Crippen LogP contribution in [0.25, 0.3) is 0 Å². The molecule has 1 aromatic carbocycles. The van der Waals surface area contributed by atoms with Gasteiger partial charge in [-0.25, -0.2) is 4.84 Å². The lowest BCUT2D eigenvalue weighted by atomic mass is 9.97. The van der Waals surface area contributed by atoms with E-state index in [4.69, 9.17) is 16.5 Å². The monoisotopic (exact) mass is 211 g/mol. The minimum absolute atomic E-state index is 0.282. The van der Waals surface area contributed by atoms with Crippen LogP contribution in [-0.4, -0.2) is 6.10 Å². The van der Waals surface area contributed by atoms with Crippen LogP contribution in [0.3, 0.4) is 0 Å². The number of halogens is 1. The number of nitrogens with one attached hydrogen (secondary N) is 1. The Balaban J connectivity index is 2.31. The molecule has 1 N–H and O–H groups in total. The topological polar surface area (TPSA) is 21.3 Å². The summed E-state index contributed by atoms with van der Waals surface area (Å²) in [5, 5.41) is 0. The van der Waals surface area contributed by atoms with E-state index >= 15 is 0 Å². The fraction of sp³-hybridized carbons (Fsp3) is 0.455. The summed E-state index contributed by atoms with van der Waals surface area (Å²) in [5.74, 6) is 1.49. The molecule has 0 saturated carbocycles. The highest BCUT2D eigenvalue weighted by Crippen LogP contribution is 2.38. The van der Waals surface area contributed by atoms with Crippen LogP contribution in [0.2, 0.25) is 0 Å². The SMILES string of the molecule is CC1Oc2ccc(CNCl)cc2C1C. The third kappa shape index (κ3) is 1.60. The van der Waals surface area contributed by atoms with Gasteiger partial charge in [-0.2, -0.15) is 0 Å². The maximum Gasteiger partial charge on any atom is 0.123 e. The van der Waals surface area contributed by atoms with Gasteiger partial charge in [-0.15, -0.1) is 0 Å². The number of benzene rings is 1. The summed E-state index contributed by atoms with van der Waals surface area (Å²) < 4.78 is 5.70. The third-order valence-corrected chi connectivity index (χ3v) is 2.99. The van der Waals surface area contributed by atoms with Gasteiger partial charge in [-0.1, -0.05) is 19.1 Å². The molecule has 0 aromatic heterocycles. The molecule has 0 fully saturated rings. The van der Waals surface area contributed by atoms with E-state index in [1.54, 1.807) is 0 Å². The number of fused-ring (bicyclic) bond motifs is 1. The third-order valence-electron chi connectivity index (χ3n) is 2.85. The van der Waals surface area contributed by atoms with Crippen molar-refractivity contribution in [2.24, 2.45) is 0 Å². The molecule has 2 nitrogen and oxygen atoms in total. The maximum atomic E-state index is 5.70. The number of rotatable bonds is 2. The second kappa shape index (κ2) is 3.79. The van der Waals surface area contributed by atoms with Gasteiger partial charge in [0.2, 0.25) is 0 Å². The van der Waals surface area contributed by atoms with Gasteiger partial charge in [0, 0.05) is 18.0 Å². The summed E-state index contributed by atoms with van der Waals surface area (Å²) in [7, 11) is 0. The quantitative estimate of drug-likeness (QED) is 0.760. The van der Waals surface area contributed by atoms with Crippen molar-refractivity contribution < 1.29 is 4.74 Å². The van der Waals surface area contributed by atoms with E-state index in [0.717, 1.165) is 5.75 Å². The van der Waals surface area contributed by atoms with Crippen molar-refractivity contribution in [2.75, 3.05) is 0 Å². The van der Waals surface area contributed by atoms with Crippen LogP contribution in [0.1, 0.15) is 30.9 Å². The van der Waals surface area contributed by atoms with Gasteiger partial charge >= 0.3 is 0 Å². The van der Waals surface area contributed by atoms with Gasteiger partial charge < -0.3 is 4.74 Å². The summed E-state index contributed by atoms with van der Waals surface area (Å²) >= 11 is 5.47. The Bertz CT molecular complexity index is 340. The Hall–Kier alpha value is -0.730. The zero-order chi connectivity index (χ0) is 10.1. The van der Waals surface area contributed by atoms with Gasteiger partial charge in [0.25, 0.3) is 0 Å². The summed E-state index contributed by atoms with van der Waals surface area (Å²) in [4.78, 5) is 2.63. The highest BCUT2D eigenvalue weighted by molar-refractivity contribution is 6.13. The highest BCUT2D eigenvalue weighted by atomic mass is 35.5. The predicted molar refractivity (Wildman–Crippen MR) is 57.6 cm³/mol. The van der Waals surface area contributed by atoms with E-state index in [1.165, 1.54) is 11.1 Å². The van der Waals surface area contributed by atoms with E-state index < -0.39 is 0 Å². The molecule has 1 aliphatic heterocycles. The van der Waals surface area contributed by atoms with Crippen molar-refractivity contribution in [2.45, 2.75) is 32.4 Å². The van der Waals surface area contributed by atoms with Crippen molar-refractivity contribution in [3.63, 3.8) is 0 Å². The molecule has 3 heteroatoms. The Morgan fingerprint density at radius 3 is 2.93 bits per heavy atom. The number of hydrogen-bond donors (Lipinski definition) is 1. The zero-order valence-corrected chi connectivity index (χ0v) is 9.14. The Labute approximate surface area is 89.3 Å². The van der Waals surface area contributed by atoms with Crippen molar-refractivity contribution in [3.05, 3.63) is 29.3 Å². The van der Waals surface area contributed by atoms with Crippen LogP contribution in [0.4, 0.5) is 0 Å². The minimum atomic E-state index is 0.282. The second-order valence-electron chi connectivity index (χ2n) is 3.79. The summed E-state index contributed by atoms with van der Waals surface area (Å²) in [6.07, 6.45) is 0.282. The van der Waals surface area contributed by atoms with Crippen LogP contribution in [-0.2, 0) is 6.54 Å². The van der Waals surface area contributed by atoms with Crippen molar-refractivity contribution in [1.29, 1.82) is 0 Å². The molecule has 2 unspecified atom stereocenters. The summed E-state index contributed by atoms with van der Waals surface area (Å²) in [6.45, 7) is 4.98. The molecular formula is C11H14ClNO. The molecule has 2 rings (SSSR count). The maximum absolute atomic E-state index is 5.70. The van der Waals surface area contributed by atoms with Crippen LogP contribution in [0.15, 0.2) is 18.2 Å². The highest BCUT2D eigenvalue weighted by Gasteiger charge is 2.27. The van der Waals surface area contributed by atoms with Crippen LogP contribution >= 0.6 is 11.8 Å². The lowest BCUT2D eigenvalue weighted by molar-refractivity contribution is 0.232. The smallest absolute Gasteiger partial charge is 0.123 e. The first-order valence-corrected chi connectivity index (χ1v) is 5.23. The molecule has 1 aliphatic rings. The number of ether oxygens (including phenoxy) is 1. The molecule has 0 radical (unpaired) electrons. The van der Waals surface area contributed by atoms with Gasteiger partial charge in [-0.05, 0) is 30.3 Å². The first-order chi connectivity index (χ1) is 6.72. The number of hydrogen-bond acceptors (Lipinski definition) is 2. The van der Waals surface area contributed by atoms with E-state index in [1.807, 2.05) is 12.1 Å². The minimum Gasteiger partial charge on any atom is -0.490 e. The first kappa shape index (κ1) is 9.81. The average Bonchev–Trinajstić information content (AvgIpc) is 2.45. The molecule has 14 heavy (non-hydrogen) atoms. The van der Waals surface area contributed by atoms with E-state index in [-0.39, 0.29) is 6.10 Å². The fourth-order valence-corrected chi connectivity index (χ4v) is 1.96. The summed E-state index contributed by atoms with van der Waals surface area (Å²) in [6, 6.07) is 6.23. The van der Waals surface area contributed by atoms with Gasteiger partial charge in [0.05, 0.1) is 0 Å². The molecule has 76 valence electrons. The molecule has 0 spiro atoms. The Morgan fingerprint density at radius 1 is 1.43 bits per heavy atom. The predicted octanol–water partition coefficient (Wildman–Crippen LogP) is 2.81. The van der Waals surface area contributed by atoms with Crippen molar-refractivity contribution >= 4 is 11.8 Å². The van der Waals surface area contributed by atoms with E-state index in [9.17, 15) is 0 Å². The largest absolute Gasteiger partial charge is 0.490 e. The molecular weight excluding hydrogens is 198 g/mol. The molecule has 1 aromatic rings. The van der Waals surface area contributed by atoms with Gasteiger partial charge in [0.1, 0.15) is 11.9 Å². The van der Waals surface area contributed by atoms with Crippen LogP contribution in [0.5, 0.6) is 5.75 Å². The van der Waals surface area contributed by atoms with Crippen molar-refractivity contribution in [3.8, 4) is 5.75 Å². The van der Waals surface area contributed by atoms with E-state index in [0.29, 0.717) is 12.5 Å². The molecule has 1 heterocycles. The Kier molecular flexibility index (Phi) is 2.66. The van der Waals surface area contributed by atoms with Crippen LogP contribution < -0.4 is 9.57 Å². The lowest BCUT2D eigenvalue weighted by Crippen LogP contribution is -2.10. The second-order valence-corrected chi connectivity index (χ2v) is 4.06. The molecule has 0 amide bonds. The van der Waals surface area contributed by atoms with Crippen LogP contribution in [0, 0.1) is 0 Å². The normalized spacial score (nSPS) is 24.5. The summed E-state index contributed by atoms with van der Waals surface area (Å²) in [5.41, 5.74) is 2.49. The van der Waals surface area contributed by atoms with Gasteiger partial charge in [0.15, 0.2) is 0 Å². The van der Waals surface area contributed by atoms with E-state index in [2.05, 4.69) is 24.7 Å². The van der Waals surface area contributed by atoms with Crippen molar-refractivity contribution in [1.82, 2.24) is 4.84 Å². The molecule has 2 atom stereocenters. The lowest BCUT2D eigenvalue weighted by Gasteiger charge is -2.07. The average molecular weight is 212 g/mol. The molecule has 0 aliphatic carbocycles. The zero-order valence-electron chi connectivity index (χ0n) is 8.38. The fourth-order valence-electron chi connectivity index (χ4n) is 1.80.